The first kappa shape index (κ1) is 11.4. The highest BCUT2D eigenvalue weighted by atomic mass is 16.5. The summed E-state index contributed by atoms with van der Waals surface area (Å²) in [6.07, 6.45) is 0. The van der Waals surface area contributed by atoms with Gasteiger partial charge in [0.05, 0.1) is 12.8 Å². The first-order valence-electron chi connectivity index (χ1n) is 5.82. The maximum atomic E-state index is 5.84. The lowest BCUT2D eigenvalue weighted by Gasteiger charge is -2.03. The highest BCUT2D eigenvalue weighted by Crippen LogP contribution is 2.26. The van der Waals surface area contributed by atoms with Crippen LogP contribution in [0.2, 0.25) is 0 Å². The van der Waals surface area contributed by atoms with Crippen LogP contribution >= 0.6 is 0 Å². The van der Waals surface area contributed by atoms with Gasteiger partial charge in [0.2, 0.25) is 0 Å². The number of nitrogen functional groups attached to an aromatic ring is 1. The second kappa shape index (κ2) is 4.53. The minimum Gasteiger partial charge on any atom is -0.497 e. The molecule has 0 aliphatic heterocycles. The number of benzene rings is 2. The van der Waals surface area contributed by atoms with E-state index in [4.69, 9.17) is 14.9 Å². The van der Waals surface area contributed by atoms with E-state index in [0.717, 1.165) is 11.4 Å². The van der Waals surface area contributed by atoms with Crippen molar-refractivity contribution in [1.82, 2.24) is 4.98 Å². The summed E-state index contributed by atoms with van der Waals surface area (Å²) in [4.78, 5) is 4.32. The molecule has 0 radical (unpaired) electrons. The van der Waals surface area contributed by atoms with E-state index in [-0.39, 0.29) is 0 Å². The molecule has 3 rings (SSSR count). The summed E-state index contributed by atoms with van der Waals surface area (Å²) < 4.78 is 10.7. The van der Waals surface area contributed by atoms with Gasteiger partial charge >= 0.3 is 0 Å². The van der Waals surface area contributed by atoms with Crippen molar-refractivity contribution >= 4 is 28.5 Å². The van der Waals surface area contributed by atoms with Crippen LogP contribution in [0.1, 0.15) is 0 Å². The highest BCUT2D eigenvalue weighted by Gasteiger charge is 2.08. The normalized spacial score (nSPS) is 10.6. The Labute approximate surface area is 110 Å². The van der Waals surface area contributed by atoms with E-state index in [1.807, 2.05) is 36.4 Å². The number of para-hydroxylation sites is 1. The fraction of sp³-hybridized carbons (Fsp3) is 0.0714. The van der Waals surface area contributed by atoms with Crippen LogP contribution in [0, 0.1) is 0 Å². The van der Waals surface area contributed by atoms with E-state index >= 15 is 0 Å². The first-order valence-corrected chi connectivity index (χ1v) is 5.82. The zero-order chi connectivity index (χ0) is 13.2. The number of nitrogens with two attached hydrogens (primary N) is 1. The maximum absolute atomic E-state index is 5.84. The molecule has 96 valence electrons. The molecule has 0 atom stereocenters. The van der Waals surface area contributed by atoms with E-state index in [2.05, 4.69) is 10.3 Å². The minimum atomic E-state index is 0.404. The Balaban J connectivity index is 1.94. The molecule has 5 nitrogen and oxygen atoms in total. The molecule has 19 heavy (non-hydrogen) atoms. The summed E-state index contributed by atoms with van der Waals surface area (Å²) in [5, 5.41) is 3.08. The topological polar surface area (TPSA) is 73.3 Å². The van der Waals surface area contributed by atoms with E-state index in [1.165, 1.54) is 0 Å². The highest BCUT2D eigenvalue weighted by molar-refractivity contribution is 5.86. The van der Waals surface area contributed by atoms with Crippen molar-refractivity contribution in [1.29, 1.82) is 0 Å². The van der Waals surface area contributed by atoms with Gasteiger partial charge in [-0.1, -0.05) is 12.1 Å². The Morgan fingerprint density at radius 1 is 1.21 bits per heavy atom. The first-order chi connectivity index (χ1) is 9.26. The van der Waals surface area contributed by atoms with Gasteiger partial charge < -0.3 is 20.2 Å². The molecule has 1 aromatic heterocycles. The molecule has 0 aliphatic rings. The summed E-state index contributed by atoms with van der Waals surface area (Å²) in [5.74, 6) is 0.764. The fourth-order valence-corrected chi connectivity index (χ4v) is 1.85. The number of fused-ring (bicyclic) bond motifs is 1. The second-order valence-corrected chi connectivity index (χ2v) is 4.07. The molecule has 0 saturated carbocycles. The number of rotatable bonds is 3. The molecule has 0 unspecified atom stereocenters. The largest absolute Gasteiger partial charge is 0.497 e. The molecule has 0 spiro atoms. The molecule has 0 bridgehead atoms. The van der Waals surface area contributed by atoms with Gasteiger partial charge in [-0.05, 0) is 24.3 Å². The molecule has 5 heteroatoms. The van der Waals surface area contributed by atoms with Gasteiger partial charge in [0.25, 0.3) is 6.01 Å². The monoisotopic (exact) mass is 255 g/mol. The number of nitrogens with zero attached hydrogens (tertiary/aromatic N) is 1. The number of hydrogen-bond donors (Lipinski definition) is 2. The molecule has 0 fully saturated rings. The van der Waals surface area contributed by atoms with E-state index < -0.39 is 0 Å². The summed E-state index contributed by atoms with van der Waals surface area (Å²) in [7, 11) is 1.62. The van der Waals surface area contributed by atoms with Gasteiger partial charge in [-0.2, -0.15) is 4.98 Å². The number of hydrogen-bond acceptors (Lipinski definition) is 5. The van der Waals surface area contributed by atoms with Crippen molar-refractivity contribution in [3.63, 3.8) is 0 Å². The molecule has 2 aromatic carbocycles. The van der Waals surface area contributed by atoms with Crippen molar-refractivity contribution in [2.45, 2.75) is 0 Å². The van der Waals surface area contributed by atoms with Gasteiger partial charge in [-0.15, -0.1) is 0 Å². The van der Waals surface area contributed by atoms with Gasteiger partial charge in [0.15, 0.2) is 5.58 Å². The number of aromatic nitrogens is 1. The fourth-order valence-electron chi connectivity index (χ4n) is 1.85. The van der Waals surface area contributed by atoms with Crippen molar-refractivity contribution < 1.29 is 9.15 Å². The zero-order valence-corrected chi connectivity index (χ0v) is 10.4. The standard InChI is InChI=1S/C14H13N3O2/c1-18-10-5-2-4-9(8-10)16-14-17-13-11(15)6-3-7-12(13)19-14/h2-8H,15H2,1H3,(H,16,17). The molecule has 3 N–H and O–H groups in total. The predicted octanol–water partition coefficient (Wildman–Crippen LogP) is 3.16. The Bertz CT molecular complexity index is 722. The van der Waals surface area contributed by atoms with Crippen LogP contribution in [0.4, 0.5) is 17.4 Å². The van der Waals surface area contributed by atoms with E-state index in [0.29, 0.717) is 22.8 Å². The summed E-state index contributed by atoms with van der Waals surface area (Å²) in [5.41, 5.74) is 8.59. The van der Waals surface area contributed by atoms with Crippen molar-refractivity contribution in [2.75, 3.05) is 18.2 Å². The average Bonchev–Trinajstić information content (AvgIpc) is 2.83. The number of methoxy groups -OCH3 is 1. The Morgan fingerprint density at radius 2 is 2.05 bits per heavy atom. The van der Waals surface area contributed by atoms with Crippen LogP contribution in [0.15, 0.2) is 46.9 Å². The molecule has 0 aliphatic carbocycles. The number of nitrogens with one attached hydrogen (secondary N) is 1. The third-order valence-corrected chi connectivity index (χ3v) is 2.77. The lowest BCUT2D eigenvalue weighted by Crippen LogP contribution is -1.91. The summed E-state index contributed by atoms with van der Waals surface area (Å²) in [6.45, 7) is 0. The van der Waals surface area contributed by atoms with Crippen LogP contribution in [0.25, 0.3) is 11.1 Å². The predicted molar refractivity (Wildman–Crippen MR) is 74.7 cm³/mol. The van der Waals surface area contributed by atoms with Crippen LogP contribution in [0.5, 0.6) is 5.75 Å². The van der Waals surface area contributed by atoms with Crippen molar-refractivity contribution in [3.8, 4) is 5.75 Å². The zero-order valence-electron chi connectivity index (χ0n) is 10.4. The molecule has 0 saturated heterocycles. The van der Waals surface area contributed by atoms with E-state index in [9.17, 15) is 0 Å². The van der Waals surface area contributed by atoms with Crippen LogP contribution in [-0.4, -0.2) is 12.1 Å². The Kier molecular flexibility index (Phi) is 2.72. The smallest absolute Gasteiger partial charge is 0.300 e. The third kappa shape index (κ3) is 2.18. The lowest BCUT2D eigenvalue weighted by atomic mass is 10.3. The number of anilines is 3. The third-order valence-electron chi connectivity index (χ3n) is 2.77. The van der Waals surface area contributed by atoms with Gasteiger partial charge in [0.1, 0.15) is 11.3 Å². The van der Waals surface area contributed by atoms with E-state index in [1.54, 1.807) is 13.2 Å². The lowest BCUT2D eigenvalue weighted by molar-refractivity contribution is 0.415. The van der Waals surface area contributed by atoms with Crippen LogP contribution in [-0.2, 0) is 0 Å². The Morgan fingerprint density at radius 3 is 2.84 bits per heavy atom. The second-order valence-electron chi connectivity index (χ2n) is 4.07. The van der Waals surface area contributed by atoms with Crippen LogP contribution in [0.3, 0.4) is 0 Å². The average molecular weight is 255 g/mol. The maximum Gasteiger partial charge on any atom is 0.300 e. The van der Waals surface area contributed by atoms with Gasteiger partial charge in [-0.25, -0.2) is 0 Å². The molecule has 3 aromatic rings. The SMILES string of the molecule is COc1cccc(Nc2nc3c(N)cccc3o2)c1. The van der Waals surface area contributed by atoms with Crippen molar-refractivity contribution in [3.05, 3.63) is 42.5 Å². The van der Waals surface area contributed by atoms with Gasteiger partial charge in [0, 0.05) is 11.8 Å². The summed E-state index contributed by atoms with van der Waals surface area (Å²) in [6, 6.07) is 13.4. The van der Waals surface area contributed by atoms with Crippen LogP contribution < -0.4 is 15.8 Å². The number of ether oxygens (including phenoxy) is 1. The Hall–Kier alpha value is -2.69. The summed E-state index contributed by atoms with van der Waals surface area (Å²) >= 11 is 0. The molecular formula is C14H13N3O2. The molecule has 1 heterocycles. The molecular weight excluding hydrogens is 242 g/mol. The molecule has 0 amide bonds. The van der Waals surface area contributed by atoms with Crippen molar-refractivity contribution in [2.24, 2.45) is 0 Å². The van der Waals surface area contributed by atoms with Gasteiger partial charge in [-0.3, -0.25) is 0 Å². The minimum absolute atomic E-state index is 0.404. The number of oxazole rings is 1. The quantitative estimate of drug-likeness (QED) is 0.703.